The van der Waals surface area contributed by atoms with Crippen LogP contribution in [0.5, 0.6) is 17.2 Å². The molecule has 0 spiro atoms. The minimum Gasteiger partial charge on any atom is -0.493 e. The molecule has 9 heteroatoms. The van der Waals surface area contributed by atoms with Crippen molar-refractivity contribution in [2.75, 3.05) is 26.6 Å². The first kappa shape index (κ1) is 25.2. The van der Waals surface area contributed by atoms with Crippen LogP contribution in [0.2, 0.25) is 0 Å². The van der Waals surface area contributed by atoms with Gasteiger partial charge in [-0.25, -0.2) is 4.98 Å². The summed E-state index contributed by atoms with van der Waals surface area (Å²) in [6.45, 7) is 8.35. The molecular formula is C26H33N3O5S. The highest BCUT2D eigenvalue weighted by Crippen LogP contribution is 2.50. The molecular weight excluding hydrogens is 466 g/mol. The molecule has 0 fully saturated rings. The minimum absolute atomic E-state index is 0.0191. The number of anilines is 1. The second-order valence-corrected chi connectivity index (χ2v) is 11.2. The number of hydrogen-bond donors (Lipinski definition) is 2. The fourth-order valence-electron chi connectivity index (χ4n) is 4.82. The molecule has 0 amide bonds. The van der Waals surface area contributed by atoms with Crippen LogP contribution in [0.1, 0.15) is 64.0 Å². The van der Waals surface area contributed by atoms with Gasteiger partial charge in [0.05, 0.1) is 26.9 Å². The number of carbonyl (C=O) groups excluding carboxylic acids is 1. The smallest absolute Gasteiger partial charge is 0.257 e. The Morgan fingerprint density at radius 3 is 2.34 bits per heavy atom. The van der Waals surface area contributed by atoms with E-state index in [1.807, 2.05) is 0 Å². The molecule has 2 aliphatic rings. The van der Waals surface area contributed by atoms with Crippen LogP contribution >= 0.6 is 11.8 Å². The van der Waals surface area contributed by atoms with Crippen LogP contribution in [0, 0.1) is 5.41 Å². The van der Waals surface area contributed by atoms with Gasteiger partial charge in [0.15, 0.2) is 22.4 Å². The number of H-pyrrole nitrogens is 1. The zero-order valence-corrected chi connectivity index (χ0v) is 22.1. The third kappa shape index (κ3) is 4.66. The van der Waals surface area contributed by atoms with Gasteiger partial charge in [0.2, 0.25) is 5.75 Å². The van der Waals surface area contributed by atoms with E-state index >= 15 is 0 Å². The van der Waals surface area contributed by atoms with E-state index in [0.717, 1.165) is 12.1 Å². The van der Waals surface area contributed by atoms with Crippen LogP contribution in [-0.4, -0.2) is 42.3 Å². The van der Waals surface area contributed by atoms with Crippen molar-refractivity contribution in [3.05, 3.63) is 44.9 Å². The number of allylic oxidation sites excluding steroid dienone is 2. The Kier molecular flexibility index (Phi) is 6.90. The molecule has 188 valence electrons. The second kappa shape index (κ2) is 9.60. The molecule has 35 heavy (non-hydrogen) atoms. The Labute approximate surface area is 209 Å². The molecule has 0 bridgehead atoms. The summed E-state index contributed by atoms with van der Waals surface area (Å²) in [7, 11) is 4.63. The van der Waals surface area contributed by atoms with E-state index in [9.17, 15) is 9.59 Å². The van der Waals surface area contributed by atoms with Crippen molar-refractivity contribution in [3.8, 4) is 17.2 Å². The van der Waals surface area contributed by atoms with Gasteiger partial charge in [0.25, 0.3) is 5.56 Å². The molecule has 2 heterocycles. The molecule has 1 aromatic heterocycles. The largest absolute Gasteiger partial charge is 0.493 e. The standard InChI is InChI=1S/C26H33N3O5S/c1-8-13(2)35-25-28-23-21(24(31)29-25)19(20-15(27-23)11-26(3,4)12-16(20)30)14-9-17(32-5)22(34-7)18(10-14)33-6/h9-10,13,19H,8,11-12H2,1-7H3,(H2,27,28,29,31). The Hall–Kier alpha value is -2.94. The summed E-state index contributed by atoms with van der Waals surface area (Å²) in [5.41, 5.74) is 2.07. The number of nitrogens with zero attached hydrogens (tertiary/aromatic N) is 1. The first-order valence-electron chi connectivity index (χ1n) is 11.8. The quantitative estimate of drug-likeness (QED) is 0.410. The lowest BCUT2D eigenvalue weighted by Gasteiger charge is -2.38. The number of Topliss-reactive ketones (excluding diaryl/α,β-unsaturated/α-hetero) is 1. The molecule has 4 rings (SSSR count). The molecule has 1 aliphatic carbocycles. The number of aromatic amines is 1. The number of ketones is 1. The van der Waals surface area contributed by atoms with E-state index in [0.29, 0.717) is 63.0 Å². The van der Waals surface area contributed by atoms with Gasteiger partial charge in [0, 0.05) is 28.9 Å². The molecule has 2 unspecified atom stereocenters. The first-order chi connectivity index (χ1) is 16.6. The number of hydrogen-bond acceptors (Lipinski definition) is 8. The number of rotatable bonds is 7. The van der Waals surface area contributed by atoms with Crippen LogP contribution in [0.3, 0.4) is 0 Å². The lowest BCUT2D eigenvalue weighted by atomic mass is 9.69. The van der Waals surface area contributed by atoms with E-state index < -0.39 is 5.92 Å². The van der Waals surface area contributed by atoms with Crippen molar-refractivity contribution in [2.24, 2.45) is 5.41 Å². The molecule has 0 radical (unpaired) electrons. The van der Waals surface area contributed by atoms with Gasteiger partial charge in [0.1, 0.15) is 5.82 Å². The lowest BCUT2D eigenvalue weighted by molar-refractivity contribution is -0.118. The summed E-state index contributed by atoms with van der Waals surface area (Å²) in [6.07, 6.45) is 2.03. The van der Waals surface area contributed by atoms with Crippen molar-refractivity contribution >= 4 is 23.4 Å². The summed E-state index contributed by atoms with van der Waals surface area (Å²) >= 11 is 1.53. The Morgan fingerprint density at radius 1 is 1.11 bits per heavy atom. The number of nitrogens with one attached hydrogen (secondary N) is 2. The van der Waals surface area contributed by atoms with Gasteiger partial charge in [-0.3, -0.25) is 9.59 Å². The van der Waals surface area contributed by atoms with Crippen molar-refractivity contribution in [2.45, 2.75) is 63.3 Å². The molecule has 2 N–H and O–H groups in total. The number of aromatic nitrogens is 2. The van der Waals surface area contributed by atoms with Crippen molar-refractivity contribution in [1.82, 2.24) is 9.97 Å². The van der Waals surface area contributed by atoms with Gasteiger partial charge in [-0.1, -0.05) is 39.5 Å². The average molecular weight is 500 g/mol. The summed E-state index contributed by atoms with van der Waals surface area (Å²) in [6, 6.07) is 3.61. The Bertz CT molecular complexity index is 1230. The van der Waals surface area contributed by atoms with Crippen LogP contribution < -0.4 is 25.1 Å². The third-order valence-electron chi connectivity index (χ3n) is 6.61. The summed E-state index contributed by atoms with van der Waals surface area (Å²) in [5.74, 6) is 1.26. The maximum absolute atomic E-state index is 13.5. The van der Waals surface area contributed by atoms with Crippen molar-refractivity contribution in [1.29, 1.82) is 0 Å². The first-order valence-corrected chi connectivity index (χ1v) is 12.6. The number of methoxy groups -OCH3 is 3. The van der Waals surface area contributed by atoms with Gasteiger partial charge < -0.3 is 24.5 Å². The summed E-state index contributed by atoms with van der Waals surface area (Å²) in [5, 5.41) is 4.23. The van der Waals surface area contributed by atoms with Crippen molar-refractivity contribution < 1.29 is 19.0 Å². The number of benzene rings is 1. The fourth-order valence-corrected chi connectivity index (χ4v) is 5.67. The predicted octanol–water partition coefficient (Wildman–Crippen LogP) is 4.89. The van der Waals surface area contributed by atoms with Gasteiger partial charge in [-0.15, -0.1) is 0 Å². The predicted molar refractivity (Wildman–Crippen MR) is 137 cm³/mol. The Morgan fingerprint density at radius 2 is 1.77 bits per heavy atom. The van der Waals surface area contributed by atoms with Crippen LogP contribution in [0.25, 0.3) is 0 Å². The molecule has 0 saturated carbocycles. The number of fused-ring (bicyclic) bond motifs is 1. The van der Waals surface area contributed by atoms with Crippen LogP contribution in [-0.2, 0) is 4.79 Å². The van der Waals surface area contributed by atoms with Crippen LogP contribution in [0.4, 0.5) is 5.82 Å². The maximum atomic E-state index is 13.5. The van der Waals surface area contributed by atoms with Crippen LogP contribution in [0.15, 0.2) is 33.4 Å². The van der Waals surface area contributed by atoms with E-state index in [1.54, 1.807) is 33.5 Å². The lowest BCUT2D eigenvalue weighted by Crippen LogP contribution is -2.37. The highest BCUT2D eigenvalue weighted by molar-refractivity contribution is 7.99. The maximum Gasteiger partial charge on any atom is 0.257 e. The number of ether oxygens (including phenoxy) is 3. The van der Waals surface area contributed by atoms with Crippen molar-refractivity contribution in [3.63, 3.8) is 0 Å². The van der Waals surface area contributed by atoms with E-state index in [2.05, 4.69) is 38.0 Å². The van der Waals surface area contributed by atoms with Gasteiger partial charge >= 0.3 is 0 Å². The number of carbonyl (C=O) groups is 1. The van der Waals surface area contributed by atoms with E-state index in [1.165, 1.54) is 11.8 Å². The minimum atomic E-state index is -0.613. The zero-order chi connectivity index (χ0) is 25.5. The zero-order valence-electron chi connectivity index (χ0n) is 21.3. The Balaban J connectivity index is 1.97. The summed E-state index contributed by atoms with van der Waals surface area (Å²) in [4.78, 5) is 34.7. The average Bonchev–Trinajstić information content (AvgIpc) is 2.80. The third-order valence-corrected chi connectivity index (χ3v) is 7.76. The highest BCUT2D eigenvalue weighted by Gasteiger charge is 2.43. The summed E-state index contributed by atoms with van der Waals surface area (Å²) < 4.78 is 16.6. The second-order valence-electron chi connectivity index (χ2n) is 9.82. The molecule has 2 atom stereocenters. The molecule has 0 saturated heterocycles. The van der Waals surface area contributed by atoms with E-state index in [-0.39, 0.29) is 16.8 Å². The molecule has 1 aromatic carbocycles. The SMILES string of the molecule is CCC(C)Sc1nc2c(c(=O)[nH]1)C(c1cc(OC)c(OC)c(OC)c1)C1=C(CC(C)(C)CC1=O)N2. The molecule has 2 aromatic rings. The van der Waals surface area contributed by atoms with Gasteiger partial charge in [-0.2, -0.15) is 0 Å². The van der Waals surface area contributed by atoms with Gasteiger partial charge in [-0.05, 0) is 36.0 Å². The highest BCUT2D eigenvalue weighted by atomic mass is 32.2. The monoisotopic (exact) mass is 499 g/mol. The van der Waals surface area contributed by atoms with E-state index in [4.69, 9.17) is 19.2 Å². The molecule has 1 aliphatic heterocycles. The normalized spacial score (nSPS) is 19.4. The number of thioether (sulfide) groups is 1. The topological polar surface area (TPSA) is 103 Å². The molecule has 8 nitrogen and oxygen atoms in total. The fraction of sp³-hybridized carbons (Fsp3) is 0.500.